The number of carbonyl (C=O) groups excluding carboxylic acids is 3. The molecule has 10 nitrogen and oxygen atoms in total. The maximum Gasteiger partial charge on any atom is 0.248 e. The molecule has 3 aromatic rings. The van der Waals surface area contributed by atoms with Crippen LogP contribution < -0.4 is 5.32 Å². The predicted molar refractivity (Wildman–Crippen MR) is 148 cm³/mol. The number of amides is 2. The average Bonchev–Trinajstić information content (AvgIpc) is 3.31. The van der Waals surface area contributed by atoms with Crippen LogP contribution in [0.25, 0.3) is 10.9 Å². The number of para-hydroxylation sites is 1. The van der Waals surface area contributed by atoms with E-state index in [1.165, 1.54) is 6.92 Å². The number of ketones is 1. The van der Waals surface area contributed by atoms with Crippen molar-refractivity contribution >= 4 is 50.2 Å². The maximum absolute atomic E-state index is 13.8. The lowest BCUT2D eigenvalue weighted by atomic mass is 10.00. The molecule has 3 atom stereocenters. The maximum atomic E-state index is 13.8. The third kappa shape index (κ3) is 5.26. The summed E-state index contributed by atoms with van der Waals surface area (Å²) in [4.78, 5) is 45.8. The van der Waals surface area contributed by atoms with E-state index in [0.29, 0.717) is 46.7 Å². The number of benzene rings is 1. The molecular formula is C28H30BrN5O5. The number of anilines is 1. The molecule has 2 amide bonds. The van der Waals surface area contributed by atoms with E-state index in [-0.39, 0.29) is 42.2 Å². The van der Waals surface area contributed by atoms with E-state index in [2.05, 4.69) is 37.9 Å². The fraction of sp³-hybridized carbons (Fsp3) is 0.393. The number of ether oxygens (including phenoxy) is 2. The number of likely N-dealkylation sites (tertiary alicyclic amines) is 1. The fourth-order valence-corrected chi connectivity index (χ4v) is 5.84. The lowest BCUT2D eigenvalue weighted by molar-refractivity contribution is -0.138. The number of nitrogens with one attached hydrogen (secondary N) is 1. The van der Waals surface area contributed by atoms with Gasteiger partial charge in [0.2, 0.25) is 11.8 Å². The number of methoxy groups -OCH3 is 1. The van der Waals surface area contributed by atoms with Gasteiger partial charge in [-0.15, -0.1) is 6.58 Å². The number of carbonyl (C=O) groups is 3. The Hall–Kier alpha value is -3.41. The topological polar surface area (TPSA) is 116 Å². The van der Waals surface area contributed by atoms with E-state index in [9.17, 15) is 14.4 Å². The molecule has 5 rings (SSSR count). The van der Waals surface area contributed by atoms with E-state index >= 15 is 0 Å². The van der Waals surface area contributed by atoms with Crippen LogP contribution in [0.15, 0.2) is 53.7 Å². The van der Waals surface area contributed by atoms with Gasteiger partial charge in [-0.25, -0.2) is 4.98 Å². The molecule has 1 aliphatic carbocycles. The van der Waals surface area contributed by atoms with Crippen molar-refractivity contribution in [3.63, 3.8) is 0 Å². The Balaban J connectivity index is 1.43. The Kier molecular flexibility index (Phi) is 7.66. The van der Waals surface area contributed by atoms with Crippen LogP contribution in [0.2, 0.25) is 0 Å². The van der Waals surface area contributed by atoms with Crippen LogP contribution in [0, 0.1) is 5.41 Å². The third-order valence-electron chi connectivity index (χ3n) is 7.40. The summed E-state index contributed by atoms with van der Waals surface area (Å²) in [7, 11) is 1.57. The molecule has 1 aliphatic heterocycles. The van der Waals surface area contributed by atoms with Crippen molar-refractivity contribution in [2.45, 2.75) is 45.0 Å². The summed E-state index contributed by atoms with van der Waals surface area (Å²) in [6.07, 6.45) is 2.91. The highest BCUT2D eigenvalue weighted by molar-refractivity contribution is 9.10. The molecule has 0 spiro atoms. The molecular weight excluding hydrogens is 566 g/mol. The summed E-state index contributed by atoms with van der Waals surface area (Å²) in [5.41, 5.74) is 1.44. The number of piperidine rings is 1. The highest BCUT2D eigenvalue weighted by Crippen LogP contribution is 2.59. The highest BCUT2D eigenvalue weighted by Gasteiger charge is 2.67. The Morgan fingerprint density at radius 1 is 1.23 bits per heavy atom. The number of Topliss-reactive ketones (excluding diaryl/α,β-unsaturated/α-hetero) is 1. The zero-order valence-corrected chi connectivity index (χ0v) is 23.4. The van der Waals surface area contributed by atoms with Crippen LogP contribution in [-0.2, 0) is 32.2 Å². The minimum absolute atomic E-state index is 0.0955. The van der Waals surface area contributed by atoms with Gasteiger partial charge in [-0.3, -0.25) is 19.1 Å². The summed E-state index contributed by atoms with van der Waals surface area (Å²) in [6, 6.07) is 10.1. The van der Waals surface area contributed by atoms with Crippen LogP contribution in [0.4, 0.5) is 5.82 Å². The number of fused-ring (bicyclic) bond motifs is 2. The molecule has 11 heteroatoms. The molecule has 0 unspecified atom stereocenters. The Morgan fingerprint density at radius 2 is 2.03 bits per heavy atom. The Labute approximate surface area is 234 Å². The van der Waals surface area contributed by atoms with Crippen molar-refractivity contribution in [1.29, 1.82) is 0 Å². The molecule has 39 heavy (non-hydrogen) atoms. The van der Waals surface area contributed by atoms with Crippen molar-refractivity contribution in [2.24, 2.45) is 5.41 Å². The number of hydrogen-bond donors (Lipinski definition) is 1. The minimum Gasteiger partial charge on any atom is -0.380 e. The number of nitrogens with zero attached hydrogens (tertiary/aromatic N) is 4. The molecule has 1 aromatic carbocycles. The summed E-state index contributed by atoms with van der Waals surface area (Å²) < 4.78 is 13.2. The number of aromatic nitrogens is 3. The molecule has 2 aliphatic rings. The second kappa shape index (κ2) is 11.0. The van der Waals surface area contributed by atoms with Crippen LogP contribution in [0.3, 0.4) is 0 Å². The van der Waals surface area contributed by atoms with Gasteiger partial charge < -0.3 is 19.7 Å². The first-order valence-electron chi connectivity index (χ1n) is 12.7. The van der Waals surface area contributed by atoms with Crippen LogP contribution in [0.5, 0.6) is 0 Å². The normalized spacial score (nSPS) is 21.6. The van der Waals surface area contributed by atoms with Crippen molar-refractivity contribution in [3.8, 4) is 0 Å². The zero-order valence-electron chi connectivity index (χ0n) is 21.9. The van der Waals surface area contributed by atoms with Crippen molar-refractivity contribution in [3.05, 3.63) is 64.9 Å². The summed E-state index contributed by atoms with van der Waals surface area (Å²) >= 11 is 3.36. The average molecular weight is 596 g/mol. The Morgan fingerprint density at radius 3 is 2.77 bits per heavy atom. The monoisotopic (exact) mass is 595 g/mol. The molecule has 1 saturated carbocycles. The number of hydrogen-bond acceptors (Lipinski definition) is 7. The van der Waals surface area contributed by atoms with E-state index < -0.39 is 6.04 Å². The first kappa shape index (κ1) is 27.2. The summed E-state index contributed by atoms with van der Waals surface area (Å²) in [5, 5.41) is 8.07. The van der Waals surface area contributed by atoms with Gasteiger partial charge in [-0.1, -0.05) is 30.3 Å². The van der Waals surface area contributed by atoms with Gasteiger partial charge in [-0.05, 0) is 40.9 Å². The quantitative estimate of drug-likeness (QED) is 0.155. The van der Waals surface area contributed by atoms with Gasteiger partial charge in [0.25, 0.3) is 0 Å². The zero-order chi connectivity index (χ0) is 27.7. The molecule has 204 valence electrons. The number of rotatable bonds is 11. The third-order valence-corrected chi connectivity index (χ3v) is 7.84. The van der Waals surface area contributed by atoms with E-state index in [4.69, 9.17) is 9.47 Å². The van der Waals surface area contributed by atoms with Crippen molar-refractivity contribution in [2.75, 3.05) is 25.6 Å². The van der Waals surface area contributed by atoms with Gasteiger partial charge >= 0.3 is 0 Å². The van der Waals surface area contributed by atoms with Crippen LogP contribution in [-0.4, -0.2) is 69.7 Å². The molecule has 0 bridgehead atoms. The van der Waals surface area contributed by atoms with Crippen molar-refractivity contribution in [1.82, 2.24) is 19.7 Å². The first-order valence-corrected chi connectivity index (χ1v) is 13.5. The largest absolute Gasteiger partial charge is 0.380 e. The molecule has 1 saturated heterocycles. The molecule has 3 heterocycles. The molecule has 0 radical (unpaired) electrons. The van der Waals surface area contributed by atoms with Gasteiger partial charge in [0.15, 0.2) is 5.78 Å². The van der Waals surface area contributed by atoms with E-state index in [0.717, 1.165) is 12.0 Å². The predicted octanol–water partition coefficient (Wildman–Crippen LogP) is 3.74. The fourth-order valence-electron chi connectivity index (χ4n) is 5.53. The van der Waals surface area contributed by atoms with E-state index in [1.807, 2.05) is 30.3 Å². The Bertz CT molecular complexity index is 1460. The summed E-state index contributed by atoms with van der Waals surface area (Å²) in [5.74, 6) is -0.364. The summed E-state index contributed by atoms with van der Waals surface area (Å²) in [6.45, 7) is 6.17. The second-order valence-corrected chi connectivity index (χ2v) is 10.9. The number of halogens is 1. The standard InChI is InChI=1S/C28H30BrN5O5/c1-4-11-39-16-28-12-21(27(37)31-26-18(15-38-3)9-10-23(29)30-26)34(22(28)13-28)24(36)14-33-20-8-6-5-7-19(20)25(32-33)17(2)35/h4-10,21-22H,1,11-16H2,2-3H3,(H,30,31,37)/t21-,22+,28-/m0/s1. The molecule has 2 aromatic heterocycles. The van der Waals surface area contributed by atoms with Crippen LogP contribution >= 0.6 is 15.9 Å². The van der Waals surface area contributed by atoms with Gasteiger partial charge in [0.05, 0.1) is 25.3 Å². The second-order valence-electron chi connectivity index (χ2n) is 10.1. The molecule has 1 N–H and O–H groups in total. The van der Waals surface area contributed by atoms with Crippen LogP contribution in [0.1, 0.15) is 35.8 Å². The highest BCUT2D eigenvalue weighted by atomic mass is 79.9. The minimum atomic E-state index is -0.714. The smallest absolute Gasteiger partial charge is 0.248 e. The lowest BCUT2D eigenvalue weighted by Crippen LogP contribution is -2.47. The SMILES string of the molecule is C=CCOC[C@@]12C[C@@H](C(=O)Nc3nc(Br)ccc3COC)N(C(=O)Cn3nc(C(C)=O)c4ccccc43)[C@@H]1C2. The van der Waals surface area contributed by atoms with Gasteiger partial charge in [0.1, 0.15) is 28.7 Å². The van der Waals surface area contributed by atoms with Gasteiger partial charge in [-0.2, -0.15) is 5.10 Å². The number of pyridine rings is 1. The van der Waals surface area contributed by atoms with E-state index in [1.54, 1.807) is 28.8 Å². The van der Waals surface area contributed by atoms with Gasteiger partial charge in [0, 0.05) is 36.4 Å². The van der Waals surface area contributed by atoms with Crippen molar-refractivity contribution < 1.29 is 23.9 Å². The first-order chi connectivity index (χ1) is 18.8. The lowest BCUT2D eigenvalue weighted by Gasteiger charge is -2.27. The molecule has 2 fully saturated rings.